The number of para-hydroxylation sites is 2. The van der Waals surface area contributed by atoms with E-state index in [1.807, 2.05) is 0 Å². The molecule has 0 aromatic heterocycles. The first-order valence-electron chi connectivity index (χ1n) is 14.9. The van der Waals surface area contributed by atoms with Gasteiger partial charge in [-0.3, -0.25) is 12.9 Å². The van der Waals surface area contributed by atoms with Crippen LogP contribution in [0.15, 0.2) is 133 Å². The molecule has 5 rings (SSSR count). The standard InChI is InChI=1S/C28H28O2P2.C8H12.2CH3.BF3.FH.Rh/c1-29-25-17-9-11-19-27(25)31(23-13-5-3-6-14-23)21-22-32(24-15-7-4-8-16-24)28-20-12-10-18-26(28)30-2;1-2-4-6-8-7-5-3-1;;;2-1(3)4;;/h3-20H,21-22H2,1-2H3;1-2,7-8H,3-6H2;2*1H3;;1H;/q;;2*-1;;;+3/p+1/b;2-1-,8-7-;;;;;. The van der Waals surface area contributed by atoms with Crippen molar-refractivity contribution in [3.05, 3.63) is 148 Å². The first kappa shape index (κ1) is 47.3. The predicted molar refractivity (Wildman–Crippen MR) is 202 cm³/mol. The fourth-order valence-corrected chi connectivity index (χ4v) is 11.5. The van der Waals surface area contributed by atoms with Gasteiger partial charge in [0.15, 0.2) is 11.5 Å². The average Bonchev–Trinajstić information content (AvgIpc) is 3.04. The van der Waals surface area contributed by atoms with Crippen molar-refractivity contribution >= 4 is 44.6 Å². The fraction of sp³-hybridized carbons (Fsp3) is 0.211. The number of allylic oxidation sites excluding steroid dienone is 4. The number of benzene rings is 4. The Kier molecular flexibility index (Phi) is 27.7. The van der Waals surface area contributed by atoms with Gasteiger partial charge in [0.2, 0.25) is 0 Å². The van der Waals surface area contributed by atoms with Gasteiger partial charge in [0.1, 0.15) is 22.9 Å². The molecule has 48 heavy (non-hydrogen) atoms. The molecule has 2 unspecified atom stereocenters. The van der Waals surface area contributed by atoms with Crippen LogP contribution in [0, 0.1) is 14.9 Å². The zero-order valence-electron chi connectivity index (χ0n) is 28.2. The topological polar surface area (TPSA) is 18.5 Å². The third kappa shape index (κ3) is 16.6. The number of methoxy groups -OCH3 is 2. The van der Waals surface area contributed by atoms with E-state index in [9.17, 15) is 12.9 Å². The molecule has 0 radical (unpaired) electrons. The van der Waals surface area contributed by atoms with E-state index in [1.165, 1.54) is 46.9 Å². The molecule has 0 fully saturated rings. The van der Waals surface area contributed by atoms with Gasteiger partial charge in [0.25, 0.3) is 0 Å². The van der Waals surface area contributed by atoms with E-state index >= 15 is 0 Å². The van der Waals surface area contributed by atoms with Crippen LogP contribution >= 0.6 is 15.8 Å². The molecule has 0 aliphatic heterocycles. The van der Waals surface area contributed by atoms with Crippen LogP contribution in [0.25, 0.3) is 0 Å². The Morgan fingerprint density at radius 3 is 1.08 bits per heavy atom. The maximum absolute atomic E-state index is 9.67. The van der Waals surface area contributed by atoms with Crippen molar-refractivity contribution in [2.45, 2.75) is 25.7 Å². The van der Waals surface area contributed by atoms with Crippen LogP contribution in [0.3, 0.4) is 0 Å². The van der Waals surface area contributed by atoms with E-state index in [0.717, 1.165) is 23.8 Å². The predicted octanol–water partition coefficient (Wildman–Crippen LogP) is 6.19. The molecule has 0 spiro atoms. The number of rotatable bonds is 9. The van der Waals surface area contributed by atoms with Crippen molar-refractivity contribution in [3.8, 4) is 11.5 Å². The summed E-state index contributed by atoms with van der Waals surface area (Å²) in [6.07, 6.45) is 16.3. The van der Waals surface area contributed by atoms with Gasteiger partial charge in [0, 0.05) is 0 Å². The number of ether oxygens (including phenoxy) is 2. The van der Waals surface area contributed by atoms with Crippen LogP contribution in [-0.4, -0.2) is 34.1 Å². The molecule has 2 nitrogen and oxygen atoms in total. The van der Waals surface area contributed by atoms with Gasteiger partial charge in [0.05, 0.1) is 40.7 Å². The van der Waals surface area contributed by atoms with Gasteiger partial charge >= 0.3 is 27.0 Å². The Bertz CT molecular complexity index is 1300. The molecule has 10 heteroatoms. The zero-order chi connectivity index (χ0) is 31.4. The summed E-state index contributed by atoms with van der Waals surface area (Å²) >= 11 is 0. The van der Waals surface area contributed by atoms with Crippen LogP contribution < -0.4 is 35.4 Å². The minimum absolute atomic E-state index is 0. The zero-order valence-corrected chi connectivity index (χ0v) is 31.8. The molecule has 0 bridgehead atoms. The first-order chi connectivity index (χ1) is 21.5. The van der Waals surface area contributed by atoms with Crippen LogP contribution in [-0.2, 0) is 19.5 Å². The summed E-state index contributed by atoms with van der Waals surface area (Å²) in [5.41, 5.74) is 0. The second-order valence-corrected chi connectivity index (χ2v) is 15.1. The third-order valence-electron chi connectivity index (χ3n) is 7.07. The Balaban J connectivity index is 0. The van der Waals surface area contributed by atoms with Gasteiger partial charge in [-0.25, -0.2) is 0 Å². The third-order valence-corrected chi connectivity index (χ3v) is 13.3. The van der Waals surface area contributed by atoms with Crippen LogP contribution in [0.4, 0.5) is 12.9 Å². The van der Waals surface area contributed by atoms with E-state index in [1.54, 1.807) is 14.2 Å². The minimum Gasteiger partial charge on any atom is -1.00 e. The molecule has 0 saturated heterocycles. The molecule has 260 valence electrons. The smallest absolute Gasteiger partial charge is 1.00 e. The molecule has 0 N–H and O–H groups in total. The Labute approximate surface area is 302 Å². The van der Waals surface area contributed by atoms with E-state index in [-0.39, 0.29) is 39.0 Å². The normalized spacial score (nSPS) is 13.7. The summed E-state index contributed by atoms with van der Waals surface area (Å²) < 4.78 is 40.5. The Morgan fingerprint density at radius 1 is 0.521 bits per heavy atom. The molecule has 1 aliphatic rings. The second kappa shape index (κ2) is 28.1. The van der Waals surface area contributed by atoms with Crippen LogP contribution in [0.2, 0.25) is 0 Å². The SMILES string of the molecule is C1=C\CC/C=C\CC/1.COc1ccccc1[PH+](CC[PH+](c1ccccc1)c1ccccc1OC)c1ccccc1.FB(F)F.[CH3-].[CH3-].[F-].[Rh+3]. The summed E-state index contributed by atoms with van der Waals surface area (Å²) in [5, 5.41) is 5.55. The number of hydrogen-bond donors (Lipinski definition) is 0. The summed E-state index contributed by atoms with van der Waals surface area (Å²) in [6.45, 7) is 0. The Hall–Kier alpha value is -2.77. The Morgan fingerprint density at radius 2 is 0.792 bits per heavy atom. The van der Waals surface area contributed by atoms with Crippen molar-refractivity contribution in [1.82, 2.24) is 0 Å². The molecule has 0 saturated carbocycles. The molecule has 4 aromatic carbocycles. The quantitative estimate of drug-likeness (QED) is 0.0664. The fourth-order valence-electron chi connectivity index (χ4n) is 5.04. The average molecular weight is 788 g/mol. The van der Waals surface area contributed by atoms with Crippen LogP contribution in [0.5, 0.6) is 11.5 Å². The molecule has 4 aromatic rings. The summed E-state index contributed by atoms with van der Waals surface area (Å²) in [6, 6.07) is 39.0. The summed E-state index contributed by atoms with van der Waals surface area (Å²) in [4.78, 5) is 0. The molecular formula is C38H48BF4O2P2Rh+2. The monoisotopic (exact) mass is 788 g/mol. The van der Waals surface area contributed by atoms with Crippen molar-refractivity contribution in [2.24, 2.45) is 0 Å². The summed E-state index contributed by atoms with van der Waals surface area (Å²) in [7, 11) is -2.14. The van der Waals surface area contributed by atoms with Crippen molar-refractivity contribution in [3.63, 3.8) is 0 Å². The second-order valence-electron chi connectivity index (χ2n) is 9.93. The van der Waals surface area contributed by atoms with Crippen LogP contribution in [0.1, 0.15) is 25.7 Å². The maximum Gasteiger partial charge on any atom is 3.00 e. The van der Waals surface area contributed by atoms with Crippen molar-refractivity contribution < 1.29 is 46.6 Å². The van der Waals surface area contributed by atoms with E-state index in [0.29, 0.717) is 0 Å². The van der Waals surface area contributed by atoms with E-state index in [4.69, 9.17) is 9.47 Å². The first-order valence-corrected chi connectivity index (χ1v) is 18.3. The number of hydrogen-bond acceptors (Lipinski definition) is 2. The van der Waals surface area contributed by atoms with Gasteiger partial charge in [-0.15, -0.1) is 0 Å². The van der Waals surface area contributed by atoms with Gasteiger partial charge in [-0.1, -0.05) is 85.0 Å². The summed E-state index contributed by atoms with van der Waals surface area (Å²) in [5.74, 6) is 1.99. The van der Waals surface area contributed by atoms with Crippen molar-refractivity contribution in [2.75, 3.05) is 26.5 Å². The molecule has 2 atom stereocenters. The molecule has 0 heterocycles. The van der Waals surface area contributed by atoms with Gasteiger partial charge in [-0.05, 0) is 74.2 Å². The van der Waals surface area contributed by atoms with Crippen molar-refractivity contribution in [1.29, 1.82) is 0 Å². The van der Waals surface area contributed by atoms with Gasteiger partial charge < -0.3 is 29.0 Å². The van der Waals surface area contributed by atoms with Gasteiger partial charge in [-0.2, -0.15) is 0 Å². The number of halogens is 4. The molecular weight excluding hydrogens is 740 g/mol. The largest absolute Gasteiger partial charge is 3.00 e. The van der Waals surface area contributed by atoms with E-state index < -0.39 is 23.4 Å². The molecule has 1 aliphatic carbocycles. The maximum atomic E-state index is 9.67. The minimum atomic E-state index is -3.67. The molecule has 0 amide bonds. The van der Waals surface area contributed by atoms with E-state index in [2.05, 4.69) is 133 Å².